The van der Waals surface area contributed by atoms with Crippen LogP contribution >= 0.6 is 0 Å². The zero-order chi connectivity index (χ0) is 36.1. The Morgan fingerprint density at radius 1 is 0.906 bits per heavy atom. The highest BCUT2D eigenvalue weighted by Gasteiger charge is 2.71. The Bertz CT molecular complexity index is 1730. The number of hydrogen-bond acceptors (Lipinski definition) is 6. The molecular weight excluding hydrogens is 802 g/mol. The molecule has 7 rings (SSSR count). The number of esters is 1. The van der Waals surface area contributed by atoms with Crippen LogP contribution < -0.4 is 34.0 Å². The maximum Gasteiger partial charge on any atom is 0.316 e. The van der Waals surface area contributed by atoms with Gasteiger partial charge in [-0.1, -0.05) is 68.4 Å². The number of hydrogen-bond donors (Lipinski definition) is 1. The largest absolute Gasteiger partial charge is 1.00 e. The van der Waals surface area contributed by atoms with Gasteiger partial charge in [-0.2, -0.15) is 0 Å². The molecule has 0 spiro atoms. The highest BCUT2D eigenvalue weighted by molar-refractivity contribution is 6.25. The number of aliphatic hydroxyl groups excluding tert-OH is 1. The lowest BCUT2D eigenvalue weighted by Gasteiger charge is -2.48. The van der Waals surface area contributed by atoms with Crippen molar-refractivity contribution < 1.29 is 71.9 Å². The first-order valence-electron chi connectivity index (χ1n) is 18.9. The first-order chi connectivity index (χ1) is 24.3. The third-order valence-electron chi connectivity index (χ3n) is 12.2. The second-order valence-corrected chi connectivity index (χ2v) is 17.2. The molecule has 4 aliphatic rings. The molecule has 0 saturated carbocycles. The number of carbonyl (C=O) groups excluding carboxylic acids is 3. The average molecular weight is 858 g/mol. The van der Waals surface area contributed by atoms with Gasteiger partial charge in [-0.25, -0.2) is 0 Å². The average Bonchev–Trinajstić information content (AvgIpc) is 3.86. The van der Waals surface area contributed by atoms with Crippen molar-refractivity contribution in [3.8, 4) is 0 Å². The van der Waals surface area contributed by atoms with Gasteiger partial charge in [0.25, 0.3) is 11.8 Å². The summed E-state index contributed by atoms with van der Waals surface area (Å²) in [6.45, 7) is 7.46. The number of ether oxygens (including phenoxy) is 2. The summed E-state index contributed by atoms with van der Waals surface area (Å²) < 4.78 is 14.0. The molecule has 3 saturated heterocycles. The van der Waals surface area contributed by atoms with E-state index in [4.69, 9.17) is 9.47 Å². The number of nitrogens with zero attached hydrogens (tertiary/aromatic N) is 3. The van der Waals surface area contributed by atoms with E-state index in [-0.39, 0.29) is 82.1 Å². The second kappa shape index (κ2) is 16.2. The predicted octanol–water partition coefficient (Wildman–Crippen LogP) is -0.447. The summed E-state index contributed by atoms with van der Waals surface area (Å²) in [5.74, 6) is -1.37. The summed E-state index contributed by atoms with van der Waals surface area (Å²) in [5, 5.41) is 11.7. The normalized spacial score (nSPS) is 26.4. The Labute approximate surface area is 335 Å². The molecule has 4 heterocycles. The van der Waals surface area contributed by atoms with Crippen molar-refractivity contribution in [3.05, 3.63) is 83.4 Å². The Kier molecular flexibility index (Phi) is 12.7. The molecule has 3 aromatic rings. The van der Waals surface area contributed by atoms with E-state index < -0.39 is 5.92 Å². The van der Waals surface area contributed by atoms with Crippen LogP contribution in [0.5, 0.6) is 0 Å². The lowest BCUT2D eigenvalue weighted by Crippen LogP contribution is -3.00. The number of fused-ring (bicyclic) bond motifs is 5. The topological polar surface area (TPSA) is 96.4 Å². The van der Waals surface area contributed by atoms with Crippen molar-refractivity contribution in [1.29, 1.82) is 0 Å². The maximum absolute atomic E-state index is 13.5. The summed E-state index contributed by atoms with van der Waals surface area (Å²) in [6, 6.07) is 21.5. The zero-order valence-electron chi connectivity index (χ0n) is 31.7. The zero-order valence-corrected chi connectivity index (χ0v) is 34.9. The smallest absolute Gasteiger partial charge is 0.316 e. The molecule has 3 aromatic carbocycles. The fourth-order valence-electron chi connectivity index (χ4n) is 10.0. The third-order valence-corrected chi connectivity index (χ3v) is 12.2. The highest BCUT2D eigenvalue weighted by atomic mass is 79.9. The number of unbranched alkanes of at least 4 members (excludes halogenated alkanes) is 3. The molecule has 2 bridgehead atoms. The van der Waals surface area contributed by atoms with Crippen LogP contribution in [0.25, 0.3) is 10.8 Å². The van der Waals surface area contributed by atoms with Crippen LogP contribution in [-0.4, -0.2) is 121 Å². The summed E-state index contributed by atoms with van der Waals surface area (Å²) in [5.41, 5.74) is 1.76. The molecule has 0 radical (unpaired) electrons. The minimum Gasteiger partial charge on any atom is -1.00 e. The lowest BCUT2D eigenvalue weighted by atomic mass is 9.88. The van der Waals surface area contributed by atoms with Crippen LogP contribution in [0.1, 0.15) is 84.6 Å². The summed E-state index contributed by atoms with van der Waals surface area (Å²) in [7, 11) is 6.89. The fraction of sp³-hybridized carbons (Fsp3) is 0.548. The number of quaternary nitrogens is 2. The lowest BCUT2D eigenvalue weighted by molar-refractivity contribution is -0.956. The van der Waals surface area contributed by atoms with Crippen LogP contribution in [-0.2, 0) is 14.3 Å². The molecular formula is C42H55Br2N3O6. The van der Waals surface area contributed by atoms with Gasteiger partial charge in [0.05, 0.1) is 47.4 Å². The first kappa shape index (κ1) is 41.5. The Morgan fingerprint density at radius 3 is 2.08 bits per heavy atom. The van der Waals surface area contributed by atoms with E-state index in [1.54, 1.807) is 0 Å². The van der Waals surface area contributed by atoms with E-state index in [0.717, 1.165) is 77.0 Å². The van der Waals surface area contributed by atoms with Crippen molar-refractivity contribution in [2.24, 2.45) is 5.41 Å². The molecule has 9 nitrogen and oxygen atoms in total. The number of aliphatic hydroxyl groups is 1. The van der Waals surface area contributed by atoms with Gasteiger partial charge in [0, 0.05) is 41.3 Å². The molecule has 7 atom stereocenters. The van der Waals surface area contributed by atoms with Crippen molar-refractivity contribution >= 4 is 28.6 Å². The van der Waals surface area contributed by atoms with Crippen LogP contribution in [0.15, 0.2) is 66.7 Å². The quantitative estimate of drug-likeness (QED) is 0.0733. The Balaban J connectivity index is 0.00000271. The molecule has 2 unspecified atom stereocenters. The summed E-state index contributed by atoms with van der Waals surface area (Å²) >= 11 is 0. The van der Waals surface area contributed by atoms with Crippen molar-refractivity contribution in [1.82, 2.24) is 4.90 Å². The number of imide groups is 1. The van der Waals surface area contributed by atoms with Gasteiger partial charge < -0.3 is 57.5 Å². The maximum atomic E-state index is 13.5. The second-order valence-electron chi connectivity index (χ2n) is 17.2. The van der Waals surface area contributed by atoms with Crippen LogP contribution in [0.2, 0.25) is 0 Å². The van der Waals surface area contributed by atoms with Crippen LogP contribution in [0.3, 0.4) is 0 Å². The van der Waals surface area contributed by atoms with Gasteiger partial charge in [-0.3, -0.25) is 19.3 Å². The summed E-state index contributed by atoms with van der Waals surface area (Å²) in [4.78, 5) is 41.6. The number of halogens is 2. The molecule has 53 heavy (non-hydrogen) atoms. The minimum atomic E-state index is -0.649. The van der Waals surface area contributed by atoms with Crippen molar-refractivity contribution in [2.75, 3.05) is 53.9 Å². The number of likely N-dealkylation sites (N-methyl/N-ethyl adjacent to an activating group) is 1. The van der Waals surface area contributed by atoms with E-state index in [2.05, 4.69) is 35.0 Å². The first-order valence-corrected chi connectivity index (χ1v) is 18.9. The fourth-order valence-corrected chi connectivity index (χ4v) is 10.0. The number of benzene rings is 3. The third kappa shape index (κ3) is 8.31. The molecule has 1 N–H and O–H groups in total. The van der Waals surface area contributed by atoms with Gasteiger partial charge in [0.15, 0.2) is 0 Å². The summed E-state index contributed by atoms with van der Waals surface area (Å²) in [6.07, 6.45) is 6.63. The Hall–Kier alpha value is -2.67. The number of amides is 2. The number of morpholine rings is 1. The van der Waals surface area contributed by atoms with Gasteiger partial charge in [-0.05, 0) is 48.8 Å². The monoisotopic (exact) mass is 855 g/mol. The SMILES string of the molecule is CC(C)(CN1C(=O)c2cccc3cccc(c23)C1=O)C[N+](C)(C)CCCCCC[N+]1(C)[C@@H]2CC(OC(=O)[C@H](CO)c3ccccc3)C[C@H]1[C@@H]1O[C@@H]12.[Br-].[Br-]. The molecule has 4 aliphatic heterocycles. The standard InChI is InChI=1S/C42H55N3O6.2BrH/c1-42(2,26-43-39(47)31-19-13-17-29-18-14-20-32(36(29)31)40(43)48)27-44(3,4)21-11-6-7-12-22-45(5)34-23-30(24-35(45)38-37(34)51-38)50-41(49)33(25-46)28-15-9-8-10-16-28;;/h8-10,13-20,30,33-35,37-38,46H,6-7,11-12,21-27H2,1-5H3;2*1H/q+2;;/p-2/t30?,33-,34-,35+,37-,38+,45?;;/m1../s1. The van der Waals surface area contributed by atoms with E-state index in [1.807, 2.05) is 66.7 Å². The molecule has 288 valence electrons. The number of epoxide rings is 1. The van der Waals surface area contributed by atoms with Gasteiger partial charge in [-0.15, -0.1) is 0 Å². The highest BCUT2D eigenvalue weighted by Crippen LogP contribution is 2.53. The number of carbonyl (C=O) groups is 3. The molecule has 0 aliphatic carbocycles. The predicted molar refractivity (Wildman–Crippen MR) is 196 cm³/mol. The van der Waals surface area contributed by atoms with E-state index in [1.165, 1.54) is 11.3 Å². The van der Waals surface area contributed by atoms with Crippen molar-refractivity contribution in [3.63, 3.8) is 0 Å². The minimum absolute atomic E-state index is 0. The van der Waals surface area contributed by atoms with E-state index >= 15 is 0 Å². The van der Waals surface area contributed by atoms with Gasteiger partial charge >= 0.3 is 5.97 Å². The molecule has 0 aromatic heterocycles. The molecule has 2 amide bonds. The molecule has 11 heteroatoms. The van der Waals surface area contributed by atoms with Crippen LogP contribution in [0, 0.1) is 5.41 Å². The number of piperidine rings is 1. The molecule has 3 fully saturated rings. The Morgan fingerprint density at radius 2 is 1.49 bits per heavy atom. The van der Waals surface area contributed by atoms with Crippen LogP contribution in [0.4, 0.5) is 0 Å². The van der Waals surface area contributed by atoms with E-state index in [0.29, 0.717) is 29.8 Å². The van der Waals surface area contributed by atoms with Gasteiger partial charge in [0.1, 0.15) is 36.3 Å². The van der Waals surface area contributed by atoms with E-state index in [9.17, 15) is 19.5 Å². The van der Waals surface area contributed by atoms with Crippen molar-refractivity contribution in [2.45, 2.75) is 88.7 Å². The van der Waals surface area contributed by atoms with Gasteiger partial charge in [0.2, 0.25) is 0 Å². The number of rotatable bonds is 15.